The van der Waals surface area contributed by atoms with Gasteiger partial charge in [-0.05, 0) is 50.7 Å². The van der Waals surface area contributed by atoms with Gasteiger partial charge in [-0.25, -0.2) is 0 Å². The van der Waals surface area contributed by atoms with E-state index in [-0.39, 0.29) is 22.7 Å². The number of piperidine rings is 1. The lowest BCUT2D eigenvalue weighted by molar-refractivity contribution is -0.208. The van der Waals surface area contributed by atoms with Crippen molar-refractivity contribution < 1.29 is 14.2 Å². The summed E-state index contributed by atoms with van der Waals surface area (Å²) in [6, 6.07) is 5.07. The number of nitrogens with zero attached hydrogens (tertiary/aromatic N) is 1. The number of hydrogen-bond acceptors (Lipinski definition) is 4. The van der Waals surface area contributed by atoms with E-state index in [1.54, 1.807) is 0 Å². The van der Waals surface area contributed by atoms with Crippen molar-refractivity contribution in [2.75, 3.05) is 20.4 Å². The molecule has 2 spiro atoms. The molecule has 6 rings (SSSR count). The maximum absolute atomic E-state index is 6.74. The standard InChI is InChI=1S/C20H25NO3/c1-12-4-5-13-10-14-20-7-6-18(2,22-3)17-19(20,15(13)16(12)24-17)8-9-21(14)11-23-20/h4-5,14,17H,6-11H2,1-3H3/t14-,17+,18?,19+,20-/m1/s1. The largest absolute Gasteiger partial charge is 0.486 e. The molecule has 0 radical (unpaired) electrons. The predicted molar refractivity (Wildman–Crippen MR) is 89.4 cm³/mol. The molecule has 0 N–H and O–H groups in total. The van der Waals surface area contributed by atoms with Gasteiger partial charge in [0.05, 0.1) is 11.0 Å². The van der Waals surface area contributed by atoms with Gasteiger partial charge < -0.3 is 14.2 Å². The maximum atomic E-state index is 6.74. The topological polar surface area (TPSA) is 30.9 Å². The van der Waals surface area contributed by atoms with Gasteiger partial charge in [0.2, 0.25) is 0 Å². The molecule has 4 nitrogen and oxygen atoms in total. The first-order valence-corrected chi connectivity index (χ1v) is 9.28. The van der Waals surface area contributed by atoms with Crippen molar-refractivity contribution in [3.05, 3.63) is 28.8 Å². The lowest BCUT2D eigenvalue weighted by Crippen LogP contribution is -2.76. The Kier molecular flexibility index (Phi) is 2.35. The Morgan fingerprint density at radius 3 is 2.96 bits per heavy atom. The normalized spacial score (nSPS) is 49.7. The van der Waals surface area contributed by atoms with Crippen LogP contribution in [0, 0.1) is 6.92 Å². The minimum atomic E-state index is -0.246. The summed E-state index contributed by atoms with van der Waals surface area (Å²) in [5.41, 5.74) is 3.83. The monoisotopic (exact) mass is 327 g/mol. The molecule has 2 aliphatic carbocycles. The summed E-state index contributed by atoms with van der Waals surface area (Å²) in [6.45, 7) is 6.31. The fourth-order valence-corrected chi connectivity index (χ4v) is 6.82. The van der Waals surface area contributed by atoms with Crippen molar-refractivity contribution in [1.82, 2.24) is 4.90 Å². The lowest BCUT2D eigenvalue weighted by Gasteiger charge is -2.63. The van der Waals surface area contributed by atoms with Crippen molar-refractivity contribution >= 4 is 0 Å². The van der Waals surface area contributed by atoms with Gasteiger partial charge in [-0.15, -0.1) is 0 Å². The summed E-state index contributed by atoms with van der Waals surface area (Å²) in [4.78, 5) is 2.57. The van der Waals surface area contributed by atoms with Crippen LogP contribution in [-0.2, 0) is 21.3 Å². The summed E-state index contributed by atoms with van der Waals surface area (Å²) in [5, 5.41) is 0. The quantitative estimate of drug-likeness (QED) is 0.793. The van der Waals surface area contributed by atoms with Crippen LogP contribution < -0.4 is 4.74 Å². The van der Waals surface area contributed by atoms with Crippen LogP contribution in [0.25, 0.3) is 0 Å². The fourth-order valence-electron chi connectivity index (χ4n) is 6.82. The van der Waals surface area contributed by atoms with Crippen molar-refractivity contribution in [3.63, 3.8) is 0 Å². The van der Waals surface area contributed by atoms with Gasteiger partial charge in [0.25, 0.3) is 0 Å². The minimum Gasteiger partial charge on any atom is -0.486 e. The highest BCUT2D eigenvalue weighted by atomic mass is 16.6. The van der Waals surface area contributed by atoms with E-state index in [2.05, 4.69) is 30.9 Å². The number of benzene rings is 1. The molecule has 24 heavy (non-hydrogen) atoms. The number of aryl methyl sites for hydroxylation is 1. The second kappa shape index (κ2) is 4.00. The van der Waals surface area contributed by atoms with Crippen molar-refractivity contribution in [1.29, 1.82) is 0 Å². The fraction of sp³-hybridized carbons (Fsp3) is 0.700. The third-order valence-corrected chi connectivity index (χ3v) is 8.01. The van der Waals surface area contributed by atoms with E-state index in [1.165, 1.54) is 16.7 Å². The molecule has 6 atom stereocenters. The van der Waals surface area contributed by atoms with E-state index >= 15 is 0 Å². The Bertz CT molecular complexity index is 763. The van der Waals surface area contributed by atoms with Crippen LogP contribution in [0.1, 0.15) is 42.9 Å². The highest BCUT2D eigenvalue weighted by molar-refractivity contribution is 5.61. The zero-order chi connectivity index (χ0) is 16.3. The molecule has 2 saturated heterocycles. The first-order chi connectivity index (χ1) is 11.6. The molecule has 4 bridgehead atoms. The summed E-state index contributed by atoms with van der Waals surface area (Å²) in [5.74, 6) is 1.13. The summed E-state index contributed by atoms with van der Waals surface area (Å²) in [7, 11) is 1.85. The average molecular weight is 327 g/mol. The van der Waals surface area contributed by atoms with Gasteiger partial charge in [-0.2, -0.15) is 0 Å². The van der Waals surface area contributed by atoms with E-state index < -0.39 is 0 Å². The predicted octanol–water partition coefficient (Wildman–Crippen LogP) is 2.55. The first kappa shape index (κ1) is 14.1. The van der Waals surface area contributed by atoms with E-state index in [0.717, 1.165) is 44.7 Å². The van der Waals surface area contributed by atoms with Crippen molar-refractivity contribution in [2.45, 2.75) is 68.3 Å². The van der Waals surface area contributed by atoms with E-state index in [4.69, 9.17) is 14.2 Å². The third kappa shape index (κ3) is 1.20. The maximum Gasteiger partial charge on any atom is 0.140 e. The molecule has 3 fully saturated rings. The van der Waals surface area contributed by atoms with Crippen LogP contribution >= 0.6 is 0 Å². The zero-order valence-corrected chi connectivity index (χ0v) is 14.7. The zero-order valence-electron chi connectivity index (χ0n) is 14.7. The molecule has 1 aromatic rings. The van der Waals surface area contributed by atoms with E-state index in [9.17, 15) is 0 Å². The second-order valence-electron chi connectivity index (χ2n) is 8.68. The summed E-state index contributed by atoms with van der Waals surface area (Å²) >= 11 is 0. The Hall–Kier alpha value is -1.10. The van der Waals surface area contributed by atoms with Gasteiger partial charge >= 0.3 is 0 Å². The molecule has 3 aliphatic heterocycles. The van der Waals surface area contributed by atoms with Crippen LogP contribution in [0.15, 0.2) is 12.1 Å². The summed E-state index contributed by atoms with van der Waals surface area (Å²) in [6.07, 6.45) is 4.36. The highest BCUT2D eigenvalue weighted by Gasteiger charge is 2.77. The van der Waals surface area contributed by atoms with Crippen LogP contribution in [-0.4, -0.2) is 48.6 Å². The Morgan fingerprint density at radius 2 is 2.12 bits per heavy atom. The van der Waals surface area contributed by atoms with Crippen LogP contribution in [0.5, 0.6) is 5.75 Å². The molecule has 128 valence electrons. The average Bonchev–Trinajstić information content (AvgIpc) is 3.06. The molecule has 0 aromatic heterocycles. The van der Waals surface area contributed by atoms with Gasteiger partial charge in [0.15, 0.2) is 0 Å². The second-order valence-corrected chi connectivity index (χ2v) is 8.68. The SMILES string of the molecule is COC1(C)CC[C@]23OCN4CC[C@@]25c2c(ccc(C)c2O[C@@H]15)C[C@@H]43. The number of ether oxygens (including phenoxy) is 3. The third-order valence-electron chi connectivity index (χ3n) is 8.01. The molecule has 5 aliphatic rings. The Labute approximate surface area is 143 Å². The van der Waals surface area contributed by atoms with Gasteiger partial charge in [-0.3, -0.25) is 4.90 Å². The van der Waals surface area contributed by atoms with Crippen molar-refractivity contribution in [3.8, 4) is 5.75 Å². The summed E-state index contributed by atoms with van der Waals surface area (Å²) < 4.78 is 19.5. The number of rotatable bonds is 1. The van der Waals surface area contributed by atoms with Gasteiger partial charge in [0, 0.05) is 25.3 Å². The smallest absolute Gasteiger partial charge is 0.140 e. The lowest BCUT2D eigenvalue weighted by atomic mass is 9.47. The van der Waals surface area contributed by atoms with Crippen molar-refractivity contribution in [2.24, 2.45) is 0 Å². The number of methoxy groups -OCH3 is 1. The van der Waals surface area contributed by atoms with Gasteiger partial charge in [-0.1, -0.05) is 12.1 Å². The van der Waals surface area contributed by atoms with E-state index in [0.29, 0.717) is 6.04 Å². The molecule has 0 amide bonds. The minimum absolute atomic E-state index is 0.0391. The molecule has 3 heterocycles. The van der Waals surface area contributed by atoms with Crippen LogP contribution in [0.2, 0.25) is 0 Å². The first-order valence-electron chi connectivity index (χ1n) is 9.28. The molecule has 4 heteroatoms. The molecular weight excluding hydrogens is 302 g/mol. The molecular formula is C20H25NO3. The van der Waals surface area contributed by atoms with E-state index in [1.807, 2.05) is 7.11 Å². The molecule has 1 aromatic carbocycles. The number of hydrogen-bond donors (Lipinski definition) is 0. The van der Waals surface area contributed by atoms with Gasteiger partial charge in [0.1, 0.15) is 24.2 Å². The Balaban J connectivity index is 1.71. The highest BCUT2D eigenvalue weighted by Crippen LogP contribution is 2.69. The van der Waals surface area contributed by atoms with Crippen LogP contribution in [0.3, 0.4) is 0 Å². The molecule has 2 unspecified atom stereocenters. The molecule has 1 saturated carbocycles. The Morgan fingerprint density at radius 1 is 1.25 bits per heavy atom. The van der Waals surface area contributed by atoms with Crippen LogP contribution in [0.4, 0.5) is 0 Å².